The minimum Gasteiger partial charge on any atom is -0.496 e. The Morgan fingerprint density at radius 2 is 1.93 bits per heavy atom. The number of rotatable bonds is 4. The van der Waals surface area contributed by atoms with Gasteiger partial charge in [0.1, 0.15) is 5.75 Å². The largest absolute Gasteiger partial charge is 0.496 e. The first-order valence-corrected chi connectivity index (χ1v) is 10.5. The molecule has 0 bridgehead atoms. The number of aliphatic hydroxyl groups is 1. The maximum Gasteiger partial charge on any atom is 0.236 e. The zero-order chi connectivity index (χ0) is 18.9. The minimum atomic E-state index is -0.614. The molecule has 1 saturated carbocycles. The molecule has 5 nitrogen and oxygen atoms in total. The molecule has 3 unspecified atom stereocenters. The number of hydrogen-bond donors (Lipinski definition) is 1. The van der Waals surface area contributed by atoms with E-state index in [-0.39, 0.29) is 17.9 Å². The van der Waals surface area contributed by atoms with Gasteiger partial charge in [-0.25, -0.2) is 0 Å². The minimum absolute atomic E-state index is 0.0340. The molecule has 2 heterocycles. The number of carbonyl (C=O) groups excluding carboxylic acids is 1. The molecular formula is C22H32N2O3. The van der Waals surface area contributed by atoms with Gasteiger partial charge in [-0.15, -0.1) is 0 Å². The molecule has 1 aliphatic carbocycles. The van der Waals surface area contributed by atoms with Crippen LogP contribution in [0.2, 0.25) is 0 Å². The fourth-order valence-electron chi connectivity index (χ4n) is 5.48. The SMILES string of the molecule is COc1ccccc1C1C2CCCCC2(O)CCN1CC(=O)N1CCCC1. The first-order valence-electron chi connectivity index (χ1n) is 10.5. The molecule has 1 aromatic rings. The van der Waals surface area contributed by atoms with E-state index in [0.717, 1.165) is 75.9 Å². The van der Waals surface area contributed by atoms with Crippen molar-refractivity contribution in [3.8, 4) is 5.75 Å². The lowest BCUT2D eigenvalue weighted by molar-refractivity contribution is -0.144. The second kappa shape index (κ2) is 7.80. The van der Waals surface area contributed by atoms with E-state index in [1.54, 1.807) is 7.11 Å². The van der Waals surface area contributed by atoms with Crippen molar-refractivity contribution in [1.29, 1.82) is 0 Å². The van der Waals surface area contributed by atoms with Crippen LogP contribution < -0.4 is 4.74 Å². The predicted octanol–water partition coefficient (Wildman–Crippen LogP) is 2.99. The molecule has 0 radical (unpaired) electrons. The van der Waals surface area contributed by atoms with Gasteiger partial charge in [0, 0.05) is 37.2 Å². The van der Waals surface area contributed by atoms with Crippen molar-refractivity contribution in [3.05, 3.63) is 29.8 Å². The molecule has 27 heavy (non-hydrogen) atoms. The number of benzene rings is 1. The predicted molar refractivity (Wildman–Crippen MR) is 105 cm³/mol. The van der Waals surface area contributed by atoms with Gasteiger partial charge in [0.25, 0.3) is 0 Å². The first-order chi connectivity index (χ1) is 13.1. The molecule has 1 N–H and O–H groups in total. The first kappa shape index (κ1) is 18.8. The number of piperidine rings is 1. The van der Waals surface area contributed by atoms with Crippen LogP contribution in [0.15, 0.2) is 24.3 Å². The van der Waals surface area contributed by atoms with E-state index in [1.807, 2.05) is 23.1 Å². The zero-order valence-electron chi connectivity index (χ0n) is 16.4. The second-order valence-corrected chi connectivity index (χ2v) is 8.45. The number of likely N-dealkylation sites (tertiary alicyclic amines) is 2. The number of ether oxygens (including phenoxy) is 1. The van der Waals surface area contributed by atoms with E-state index in [0.29, 0.717) is 6.54 Å². The highest BCUT2D eigenvalue weighted by Gasteiger charge is 2.50. The summed E-state index contributed by atoms with van der Waals surface area (Å²) in [6, 6.07) is 8.16. The number of fused-ring (bicyclic) bond motifs is 1. The Hall–Kier alpha value is -1.59. The molecule has 2 saturated heterocycles. The van der Waals surface area contributed by atoms with Crippen LogP contribution in [0.3, 0.4) is 0 Å². The number of nitrogens with zero attached hydrogens (tertiary/aromatic N) is 2. The van der Waals surface area contributed by atoms with Gasteiger partial charge in [-0.2, -0.15) is 0 Å². The molecule has 148 valence electrons. The molecule has 3 fully saturated rings. The average molecular weight is 373 g/mol. The number of hydrogen-bond acceptors (Lipinski definition) is 4. The van der Waals surface area contributed by atoms with E-state index in [9.17, 15) is 9.90 Å². The summed E-state index contributed by atoms with van der Waals surface area (Å²) in [7, 11) is 1.70. The van der Waals surface area contributed by atoms with Gasteiger partial charge in [0.15, 0.2) is 0 Å². The number of para-hydroxylation sites is 1. The lowest BCUT2D eigenvalue weighted by Crippen LogP contribution is -2.56. The van der Waals surface area contributed by atoms with E-state index >= 15 is 0 Å². The Kier molecular flexibility index (Phi) is 5.42. The maximum absolute atomic E-state index is 12.9. The van der Waals surface area contributed by atoms with Crippen LogP contribution in [0.1, 0.15) is 56.6 Å². The van der Waals surface area contributed by atoms with E-state index in [2.05, 4.69) is 11.0 Å². The number of carbonyl (C=O) groups is 1. The summed E-state index contributed by atoms with van der Waals surface area (Å²) < 4.78 is 5.66. The summed E-state index contributed by atoms with van der Waals surface area (Å²) in [6.45, 7) is 2.98. The highest BCUT2D eigenvalue weighted by atomic mass is 16.5. The molecule has 3 aliphatic rings. The van der Waals surface area contributed by atoms with E-state index < -0.39 is 5.60 Å². The van der Waals surface area contributed by atoms with Crippen LogP contribution in [0, 0.1) is 5.92 Å². The van der Waals surface area contributed by atoms with Gasteiger partial charge in [0.2, 0.25) is 5.91 Å². The third-order valence-corrected chi connectivity index (χ3v) is 6.93. The van der Waals surface area contributed by atoms with Crippen molar-refractivity contribution in [3.63, 3.8) is 0 Å². The quantitative estimate of drug-likeness (QED) is 0.883. The summed E-state index contributed by atoms with van der Waals surface area (Å²) >= 11 is 0. The van der Waals surface area contributed by atoms with Crippen molar-refractivity contribution in [1.82, 2.24) is 9.80 Å². The monoisotopic (exact) mass is 372 g/mol. The molecule has 1 amide bonds. The van der Waals surface area contributed by atoms with Gasteiger partial charge >= 0.3 is 0 Å². The van der Waals surface area contributed by atoms with Gasteiger partial charge in [-0.3, -0.25) is 9.69 Å². The fraction of sp³-hybridized carbons (Fsp3) is 0.682. The van der Waals surface area contributed by atoms with Crippen LogP contribution in [0.25, 0.3) is 0 Å². The van der Waals surface area contributed by atoms with Crippen LogP contribution in [0.5, 0.6) is 5.75 Å². The second-order valence-electron chi connectivity index (χ2n) is 8.45. The van der Waals surface area contributed by atoms with Gasteiger partial charge in [-0.1, -0.05) is 31.0 Å². The molecular weight excluding hydrogens is 340 g/mol. The Bertz CT molecular complexity index is 673. The van der Waals surface area contributed by atoms with Crippen molar-refractivity contribution in [2.75, 3.05) is 33.3 Å². The van der Waals surface area contributed by atoms with Gasteiger partial charge < -0.3 is 14.7 Å². The van der Waals surface area contributed by atoms with Crippen molar-refractivity contribution >= 4 is 5.91 Å². The van der Waals surface area contributed by atoms with E-state index in [1.165, 1.54) is 0 Å². The van der Waals surface area contributed by atoms with Gasteiger partial charge in [-0.05, 0) is 38.2 Å². The standard InChI is InChI=1S/C22H32N2O3/c1-27-19-10-3-2-8-17(19)21-18-9-4-5-11-22(18,26)12-15-24(21)16-20(25)23-13-6-7-14-23/h2-3,8,10,18,21,26H,4-7,9,11-16H2,1H3. The Morgan fingerprint density at radius 1 is 1.15 bits per heavy atom. The van der Waals surface area contributed by atoms with Crippen LogP contribution in [-0.2, 0) is 4.79 Å². The van der Waals surface area contributed by atoms with Gasteiger partial charge in [0.05, 0.1) is 19.3 Å². The summed E-state index contributed by atoms with van der Waals surface area (Å²) in [4.78, 5) is 17.2. The lowest BCUT2D eigenvalue weighted by atomic mass is 9.66. The topological polar surface area (TPSA) is 53.0 Å². The third-order valence-electron chi connectivity index (χ3n) is 6.93. The molecule has 2 aliphatic heterocycles. The zero-order valence-corrected chi connectivity index (χ0v) is 16.4. The third kappa shape index (κ3) is 3.59. The fourth-order valence-corrected chi connectivity index (χ4v) is 5.48. The maximum atomic E-state index is 12.9. The highest BCUT2D eigenvalue weighted by molar-refractivity contribution is 5.78. The highest BCUT2D eigenvalue weighted by Crippen LogP contribution is 2.50. The van der Waals surface area contributed by atoms with Crippen LogP contribution in [-0.4, -0.2) is 59.7 Å². The van der Waals surface area contributed by atoms with Crippen molar-refractivity contribution < 1.29 is 14.6 Å². The Labute approximate surface area is 162 Å². The average Bonchev–Trinajstić information content (AvgIpc) is 3.23. The Morgan fingerprint density at radius 3 is 2.70 bits per heavy atom. The molecule has 0 aromatic heterocycles. The number of methoxy groups -OCH3 is 1. The summed E-state index contributed by atoms with van der Waals surface area (Å²) in [6.07, 6.45) is 7.11. The Balaban J connectivity index is 1.65. The summed E-state index contributed by atoms with van der Waals surface area (Å²) in [5, 5.41) is 11.4. The van der Waals surface area contributed by atoms with Crippen molar-refractivity contribution in [2.24, 2.45) is 5.92 Å². The van der Waals surface area contributed by atoms with Crippen molar-refractivity contribution in [2.45, 2.75) is 56.6 Å². The lowest BCUT2D eigenvalue weighted by Gasteiger charge is -2.52. The molecule has 3 atom stereocenters. The van der Waals surface area contributed by atoms with Crippen LogP contribution >= 0.6 is 0 Å². The molecule has 0 spiro atoms. The number of amides is 1. The summed E-state index contributed by atoms with van der Waals surface area (Å²) in [5.41, 5.74) is 0.496. The molecule has 5 heteroatoms. The molecule has 4 rings (SSSR count). The van der Waals surface area contributed by atoms with E-state index in [4.69, 9.17) is 4.74 Å². The summed E-state index contributed by atoms with van der Waals surface area (Å²) in [5.74, 6) is 1.24. The molecule has 1 aromatic carbocycles. The normalized spacial score (nSPS) is 31.6. The van der Waals surface area contributed by atoms with Crippen LogP contribution in [0.4, 0.5) is 0 Å². The smallest absolute Gasteiger partial charge is 0.236 e.